The van der Waals surface area contributed by atoms with Gasteiger partial charge in [-0.1, -0.05) is 12.1 Å². The molecular formula is C28H35F4N5O4. The first-order chi connectivity index (χ1) is 19.1. The molecule has 41 heavy (non-hydrogen) atoms. The molecule has 1 atom stereocenters. The van der Waals surface area contributed by atoms with Crippen LogP contribution in [-0.2, 0) is 32.4 Å². The molecular weight excluding hydrogens is 546 g/mol. The molecule has 2 amide bonds. The summed E-state index contributed by atoms with van der Waals surface area (Å²) < 4.78 is 65.9. The van der Waals surface area contributed by atoms with Gasteiger partial charge in [0.1, 0.15) is 28.5 Å². The highest BCUT2D eigenvalue weighted by Crippen LogP contribution is 2.44. The molecule has 2 aliphatic heterocycles. The third kappa shape index (κ3) is 6.09. The lowest BCUT2D eigenvalue weighted by Crippen LogP contribution is -2.70. The van der Waals surface area contributed by atoms with Crippen molar-refractivity contribution in [1.29, 1.82) is 0 Å². The first kappa shape index (κ1) is 30.5. The number of alkyl halides is 3. The molecule has 1 spiro atoms. The van der Waals surface area contributed by atoms with Gasteiger partial charge in [-0.25, -0.2) is 19.2 Å². The molecule has 0 aliphatic carbocycles. The van der Waals surface area contributed by atoms with Crippen LogP contribution in [0.3, 0.4) is 0 Å². The number of hydrogen-bond acceptors (Lipinski definition) is 7. The van der Waals surface area contributed by atoms with Crippen molar-refractivity contribution in [3.8, 4) is 0 Å². The topological polar surface area (TPSA) is 96.9 Å². The zero-order chi connectivity index (χ0) is 30.3. The Balaban J connectivity index is 1.71. The normalized spacial score (nSPS) is 17.3. The molecule has 4 rings (SSSR count). The van der Waals surface area contributed by atoms with Crippen molar-refractivity contribution in [2.24, 2.45) is 0 Å². The third-order valence-electron chi connectivity index (χ3n) is 7.05. The number of fused-ring (bicyclic) bond motifs is 2. The zero-order valence-corrected chi connectivity index (χ0v) is 24.0. The van der Waals surface area contributed by atoms with Gasteiger partial charge in [0.15, 0.2) is 0 Å². The van der Waals surface area contributed by atoms with E-state index in [4.69, 9.17) is 9.47 Å². The van der Waals surface area contributed by atoms with Gasteiger partial charge in [-0.2, -0.15) is 13.2 Å². The van der Waals surface area contributed by atoms with Crippen molar-refractivity contribution in [2.45, 2.75) is 71.3 Å². The fourth-order valence-electron chi connectivity index (χ4n) is 5.16. The number of nitrogens with one attached hydrogen (secondary N) is 1. The number of hydrogen-bond donors (Lipinski definition) is 1. The Bertz CT molecular complexity index is 1320. The molecule has 1 fully saturated rings. The van der Waals surface area contributed by atoms with E-state index in [9.17, 15) is 27.2 Å². The second-order valence-corrected chi connectivity index (χ2v) is 11.4. The largest absolute Gasteiger partial charge is 0.444 e. The minimum atomic E-state index is -4.84. The van der Waals surface area contributed by atoms with Crippen LogP contribution in [0, 0.1) is 12.7 Å². The van der Waals surface area contributed by atoms with E-state index in [1.54, 1.807) is 32.6 Å². The summed E-state index contributed by atoms with van der Waals surface area (Å²) in [5.74, 6) is -0.989. The maximum absolute atomic E-state index is 14.9. The van der Waals surface area contributed by atoms with Crippen molar-refractivity contribution in [3.05, 3.63) is 52.2 Å². The van der Waals surface area contributed by atoms with Gasteiger partial charge in [-0.15, -0.1) is 0 Å². The Morgan fingerprint density at radius 2 is 1.88 bits per heavy atom. The molecule has 1 aromatic carbocycles. The van der Waals surface area contributed by atoms with Gasteiger partial charge >= 0.3 is 12.3 Å². The number of nitrogens with zero attached hydrogens (tertiary/aromatic N) is 4. The molecule has 13 heteroatoms. The van der Waals surface area contributed by atoms with E-state index in [1.165, 1.54) is 17.9 Å². The molecule has 1 aromatic heterocycles. The first-order valence-corrected chi connectivity index (χ1v) is 13.4. The predicted molar refractivity (Wildman–Crippen MR) is 142 cm³/mol. The molecule has 2 aliphatic rings. The Morgan fingerprint density at radius 1 is 1.20 bits per heavy atom. The highest BCUT2D eigenvalue weighted by molar-refractivity contribution is 5.94. The highest BCUT2D eigenvalue weighted by Gasteiger charge is 2.59. The van der Waals surface area contributed by atoms with Crippen LogP contribution in [0.4, 0.5) is 28.2 Å². The van der Waals surface area contributed by atoms with E-state index in [2.05, 4.69) is 15.3 Å². The standard InChI is InChI=1S/C28H35F4N5O4/c1-7-40-12-11-36-13-19-22(27(24(36)38)14-37(15-27)25(39)41-26(4,5)6)34-17(3)35-23(19)33-16(2)18-9-8-10-20(21(18)29)28(30,31)32/h8-10,16H,7,11-15H2,1-6H3,(H,33,34,35)/t16-/m1/s1. The number of amides is 2. The second-order valence-electron chi connectivity index (χ2n) is 11.4. The number of carbonyl (C=O) groups is 2. The lowest BCUT2D eigenvalue weighted by atomic mass is 9.71. The molecule has 2 aromatic rings. The van der Waals surface area contributed by atoms with E-state index in [0.29, 0.717) is 29.8 Å². The van der Waals surface area contributed by atoms with Crippen molar-refractivity contribution in [3.63, 3.8) is 0 Å². The van der Waals surface area contributed by atoms with Crippen LogP contribution in [0.2, 0.25) is 0 Å². The number of likely N-dealkylation sites (tertiary alicyclic amines) is 1. The molecule has 0 bridgehead atoms. The minimum Gasteiger partial charge on any atom is -0.444 e. The fourth-order valence-corrected chi connectivity index (χ4v) is 5.16. The number of aryl methyl sites for hydroxylation is 1. The summed E-state index contributed by atoms with van der Waals surface area (Å²) in [6.07, 6.45) is -5.40. The van der Waals surface area contributed by atoms with E-state index in [-0.39, 0.29) is 50.1 Å². The highest BCUT2D eigenvalue weighted by atomic mass is 19.4. The summed E-state index contributed by atoms with van der Waals surface area (Å²) in [7, 11) is 0. The second kappa shape index (κ2) is 11.1. The minimum absolute atomic E-state index is 0.0343. The molecule has 0 unspecified atom stereocenters. The lowest BCUT2D eigenvalue weighted by molar-refractivity contribution is -0.147. The van der Waals surface area contributed by atoms with Gasteiger partial charge in [0, 0.05) is 37.4 Å². The van der Waals surface area contributed by atoms with Gasteiger partial charge < -0.3 is 24.6 Å². The summed E-state index contributed by atoms with van der Waals surface area (Å²) in [4.78, 5) is 38.7. The van der Waals surface area contributed by atoms with Crippen molar-refractivity contribution >= 4 is 17.8 Å². The average molecular weight is 582 g/mol. The number of carbonyl (C=O) groups excluding carboxylic acids is 2. The smallest absolute Gasteiger partial charge is 0.419 e. The van der Waals surface area contributed by atoms with Crippen LogP contribution in [0.1, 0.15) is 68.9 Å². The van der Waals surface area contributed by atoms with Crippen molar-refractivity contribution < 1.29 is 36.6 Å². The number of benzene rings is 1. The van der Waals surface area contributed by atoms with E-state index in [0.717, 1.165) is 6.07 Å². The van der Waals surface area contributed by atoms with E-state index < -0.39 is 40.7 Å². The number of rotatable bonds is 7. The maximum Gasteiger partial charge on any atom is 0.419 e. The lowest BCUT2D eigenvalue weighted by Gasteiger charge is -2.52. The molecule has 224 valence electrons. The zero-order valence-electron chi connectivity index (χ0n) is 24.0. The Morgan fingerprint density at radius 3 is 2.49 bits per heavy atom. The molecule has 3 heterocycles. The number of anilines is 1. The average Bonchev–Trinajstić information content (AvgIpc) is 2.82. The summed E-state index contributed by atoms with van der Waals surface area (Å²) in [6.45, 7) is 11.4. The van der Waals surface area contributed by atoms with Gasteiger partial charge in [-0.05, 0) is 47.6 Å². The summed E-state index contributed by atoms with van der Waals surface area (Å²) in [5.41, 5.74) is -2.43. The van der Waals surface area contributed by atoms with Gasteiger partial charge in [0.05, 0.1) is 30.5 Å². The van der Waals surface area contributed by atoms with Crippen LogP contribution in [-0.4, -0.2) is 70.2 Å². The fraction of sp³-hybridized carbons (Fsp3) is 0.571. The molecule has 9 nitrogen and oxygen atoms in total. The van der Waals surface area contributed by atoms with Crippen molar-refractivity contribution in [2.75, 3.05) is 38.2 Å². The molecule has 0 radical (unpaired) electrons. The van der Waals surface area contributed by atoms with Gasteiger partial charge in [-0.3, -0.25) is 4.79 Å². The first-order valence-electron chi connectivity index (χ1n) is 13.4. The molecule has 0 saturated carbocycles. The van der Waals surface area contributed by atoms with E-state index in [1.807, 2.05) is 6.92 Å². The Kier molecular flexibility index (Phi) is 8.23. The summed E-state index contributed by atoms with van der Waals surface area (Å²) in [5, 5.41) is 3.07. The Labute approximate surface area is 236 Å². The summed E-state index contributed by atoms with van der Waals surface area (Å²) in [6, 6.07) is 2.23. The monoisotopic (exact) mass is 581 g/mol. The van der Waals surface area contributed by atoms with Crippen LogP contribution < -0.4 is 5.32 Å². The van der Waals surface area contributed by atoms with Crippen molar-refractivity contribution in [1.82, 2.24) is 19.8 Å². The maximum atomic E-state index is 14.9. The van der Waals surface area contributed by atoms with E-state index >= 15 is 0 Å². The van der Waals surface area contributed by atoms with Crippen LogP contribution in [0.15, 0.2) is 18.2 Å². The quantitative estimate of drug-likeness (QED) is 0.364. The van der Waals surface area contributed by atoms with Crippen LogP contribution >= 0.6 is 0 Å². The van der Waals surface area contributed by atoms with Crippen LogP contribution in [0.5, 0.6) is 0 Å². The molecule has 1 N–H and O–H groups in total. The molecule has 1 saturated heterocycles. The van der Waals surface area contributed by atoms with Gasteiger partial charge in [0.2, 0.25) is 5.91 Å². The Hall–Kier alpha value is -3.48. The van der Waals surface area contributed by atoms with Crippen LogP contribution in [0.25, 0.3) is 0 Å². The van der Waals surface area contributed by atoms with Gasteiger partial charge in [0.25, 0.3) is 0 Å². The number of halogens is 4. The number of aromatic nitrogens is 2. The summed E-state index contributed by atoms with van der Waals surface area (Å²) >= 11 is 0. The SMILES string of the molecule is CCOCCN1Cc2c(N[C@H](C)c3cccc(C(F)(F)F)c3F)nc(C)nc2C2(CN(C(=O)OC(C)(C)C)C2)C1=O. The predicted octanol–water partition coefficient (Wildman–Crippen LogP) is 4.98. The number of ether oxygens (including phenoxy) is 2. The third-order valence-corrected chi connectivity index (χ3v) is 7.05.